The maximum Gasteiger partial charge on any atom is 0.124 e. The predicted octanol–water partition coefficient (Wildman–Crippen LogP) is 0.685. The van der Waals surface area contributed by atoms with Gasteiger partial charge in [-0.3, -0.25) is 0 Å². The van der Waals surface area contributed by atoms with Gasteiger partial charge in [0, 0.05) is 5.56 Å². The monoisotopic (exact) mass is 136 g/mol. The number of nitrogens with zero attached hydrogens (tertiary/aromatic N) is 1. The number of para-hydroxylation sites is 1. The van der Waals surface area contributed by atoms with Gasteiger partial charge in [-0.15, -0.1) is 0 Å². The van der Waals surface area contributed by atoms with Crippen molar-refractivity contribution in [3.05, 3.63) is 29.8 Å². The van der Waals surface area contributed by atoms with Gasteiger partial charge in [-0.2, -0.15) is 5.10 Å². The first-order valence-corrected chi connectivity index (χ1v) is 2.86. The lowest BCUT2D eigenvalue weighted by atomic mass is 10.2. The maximum absolute atomic E-state index is 9.09. The van der Waals surface area contributed by atoms with Crippen molar-refractivity contribution in [2.24, 2.45) is 10.9 Å². The van der Waals surface area contributed by atoms with E-state index in [9.17, 15) is 0 Å². The van der Waals surface area contributed by atoms with Crippen molar-refractivity contribution in [1.82, 2.24) is 0 Å². The van der Waals surface area contributed by atoms with Crippen LogP contribution in [-0.2, 0) is 0 Å². The number of hydrogen-bond donors (Lipinski definition) is 2. The van der Waals surface area contributed by atoms with E-state index in [1.807, 2.05) is 0 Å². The molecule has 1 rings (SSSR count). The second-order valence-corrected chi connectivity index (χ2v) is 1.84. The molecule has 0 bridgehead atoms. The molecule has 3 heteroatoms. The van der Waals surface area contributed by atoms with Gasteiger partial charge in [0.2, 0.25) is 0 Å². The van der Waals surface area contributed by atoms with Crippen LogP contribution in [-0.4, -0.2) is 11.3 Å². The van der Waals surface area contributed by atoms with E-state index in [0.29, 0.717) is 5.56 Å². The van der Waals surface area contributed by atoms with Crippen LogP contribution in [0.5, 0.6) is 5.75 Å². The molecule has 52 valence electrons. The second kappa shape index (κ2) is 2.87. The van der Waals surface area contributed by atoms with Crippen molar-refractivity contribution in [2.75, 3.05) is 0 Å². The molecule has 3 nitrogen and oxygen atoms in total. The van der Waals surface area contributed by atoms with Crippen molar-refractivity contribution < 1.29 is 5.11 Å². The van der Waals surface area contributed by atoms with Gasteiger partial charge in [-0.1, -0.05) is 12.1 Å². The summed E-state index contributed by atoms with van der Waals surface area (Å²) in [5.74, 6) is 5.08. The van der Waals surface area contributed by atoms with Crippen LogP contribution in [0.2, 0.25) is 0 Å². The predicted molar refractivity (Wildman–Crippen MR) is 39.9 cm³/mol. The maximum atomic E-state index is 9.09. The average molecular weight is 136 g/mol. The summed E-state index contributed by atoms with van der Waals surface area (Å²) in [5.41, 5.74) is 0.630. The highest BCUT2D eigenvalue weighted by atomic mass is 16.3. The average Bonchev–Trinajstić information content (AvgIpc) is 1.94. The van der Waals surface area contributed by atoms with Gasteiger partial charge >= 0.3 is 0 Å². The lowest BCUT2D eigenvalue weighted by Crippen LogP contribution is -1.85. The Bertz CT molecular complexity index is 245. The smallest absolute Gasteiger partial charge is 0.124 e. The van der Waals surface area contributed by atoms with E-state index in [4.69, 9.17) is 10.9 Å². The number of aromatic hydroxyl groups is 1. The number of hydrazone groups is 1. The topological polar surface area (TPSA) is 58.6 Å². The minimum atomic E-state index is 0.191. The fourth-order valence-corrected chi connectivity index (χ4v) is 0.677. The van der Waals surface area contributed by atoms with E-state index in [2.05, 4.69) is 5.10 Å². The molecule has 0 unspecified atom stereocenters. The largest absolute Gasteiger partial charge is 0.507 e. The summed E-state index contributed by atoms with van der Waals surface area (Å²) in [7, 11) is 0. The summed E-state index contributed by atoms with van der Waals surface area (Å²) in [4.78, 5) is 0. The molecule has 0 atom stereocenters. The van der Waals surface area contributed by atoms with Crippen LogP contribution in [0.3, 0.4) is 0 Å². The van der Waals surface area contributed by atoms with Gasteiger partial charge < -0.3 is 10.9 Å². The molecular weight excluding hydrogens is 128 g/mol. The van der Waals surface area contributed by atoms with E-state index in [0.717, 1.165) is 0 Å². The first-order chi connectivity index (χ1) is 4.84. The Balaban J connectivity index is 3.03. The highest BCUT2D eigenvalue weighted by molar-refractivity contribution is 5.82. The first kappa shape index (κ1) is 6.61. The van der Waals surface area contributed by atoms with Gasteiger partial charge in [0.05, 0.1) is 6.21 Å². The highest BCUT2D eigenvalue weighted by Gasteiger charge is 1.92. The molecule has 0 saturated heterocycles. The Hall–Kier alpha value is -1.51. The first-order valence-electron chi connectivity index (χ1n) is 2.86. The lowest BCUT2D eigenvalue weighted by Gasteiger charge is -1.93. The van der Waals surface area contributed by atoms with E-state index >= 15 is 0 Å². The second-order valence-electron chi connectivity index (χ2n) is 1.84. The van der Waals surface area contributed by atoms with Crippen LogP contribution >= 0.6 is 0 Å². The molecule has 1 aromatic carbocycles. The van der Waals surface area contributed by atoms with Crippen LogP contribution in [0, 0.1) is 0 Å². The Morgan fingerprint density at radius 3 is 2.70 bits per heavy atom. The van der Waals surface area contributed by atoms with E-state index in [-0.39, 0.29) is 5.75 Å². The summed E-state index contributed by atoms with van der Waals surface area (Å²) in [6.07, 6.45) is 1.40. The van der Waals surface area contributed by atoms with Crippen LogP contribution in [0.15, 0.2) is 29.4 Å². The molecule has 0 fully saturated rings. The van der Waals surface area contributed by atoms with Crippen LogP contribution < -0.4 is 5.84 Å². The van der Waals surface area contributed by atoms with Crippen molar-refractivity contribution in [3.8, 4) is 5.75 Å². The molecule has 10 heavy (non-hydrogen) atoms. The molecule has 0 aromatic heterocycles. The van der Waals surface area contributed by atoms with Crippen LogP contribution in [0.25, 0.3) is 0 Å². The Morgan fingerprint density at radius 2 is 2.10 bits per heavy atom. The number of phenolic OH excluding ortho intramolecular Hbond substituents is 1. The lowest BCUT2D eigenvalue weighted by molar-refractivity contribution is 0.474. The van der Waals surface area contributed by atoms with Crippen molar-refractivity contribution in [3.63, 3.8) is 0 Å². The Morgan fingerprint density at radius 1 is 1.40 bits per heavy atom. The third-order valence-corrected chi connectivity index (χ3v) is 1.15. The zero-order valence-corrected chi connectivity index (χ0v) is 5.36. The minimum Gasteiger partial charge on any atom is -0.507 e. The van der Waals surface area contributed by atoms with Gasteiger partial charge in [0.15, 0.2) is 0 Å². The van der Waals surface area contributed by atoms with Gasteiger partial charge in [0.25, 0.3) is 0 Å². The summed E-state index contributed by atoms with van der Waals surface area (Å²) in [5, 5.41) is 12.4. The number of benzene rings is 1. The summed E-state index contributed by atoms with van der Waals surface area (Å²) in [6.45, 7) is 0. The molecule has 0 aliphatic rings. The summed E-state index contributed by atoms with van der Waals surface area (Å²) < 4.78 is 0. The van der Waals surface area contributed by atoms with Crippen molar-refractivity contribution >= 4 is 6.21 Å². The number of phenols is 1. The molecule has 0 aliphatic carbocycles. The molecule has 0 heterocycles. The molecule has 0 amide bonds. The molecular formula is C7H8N2O. The van der Waals surface area contributed by atoms with Gasteiger partial charge in [0.1, 0.15) is 5.75 Å². The number of nitrogens with two attached hydrogens (primary N) is 1. The molecule has 1 aromatic rings. The van der Waals surface area contributed by atoms with Crippen molar-refractivity contribution in [2.45, 2.75) is 0 Å². The summed E-state index contributed by atoms with van der Waals surface area (Å²) in [6, 6.07) is 6.85. The zero-order chi connectivity index (χ0) is 7.40. The molecule has 0 saturated carbocycles. The van der Waals surface area contributed by atoms with Crippen molar-refractivity contribution in [1.29, 1.82) is 0 Å². The normalized spacial score (nSPS) is 10.4. The van der Waals surface area contributed by atoms with E-state index in [1.165, 1.54) is 6.21 Å². The zero-order valence-electron chi connectivity index (χ0n) is 5.36. The minimum absolute atomic E-state index is 0.191. The fraction of sp³-hybridized carbons (Fsp3) is 0. The summed E-state index contributed by atoms with van der Waals surface area (Å²) >= 11 is 0. The van der Waals surface area contributed by atoms with Gasteiger partial charge in [-0.25, -0.2) is 0 Å². The Kier molecular flexibility index (Phi) is 1.89. The highest BCUT2D eigenvalue weighted by Crippen LogP contribution is 2.11. The molecule has 0 radical (unpaired) electrons. The third-order valence-electron chi connectivity index (χ3n) is 1.15. The number of rotatable bonds is 1. The molecule has 0 spiro atoms. The van der Waals surface area contributed by atoms with Gasteiger partial charge in [-0.05, 0) is 12.1 Å². The number of hydrogen-bond acceptors (Lipinski definition) is 3. The van der Waals surface area contributed by atoms with Crippen LogP contribution in [0.4, 0.5) is 0 Å². The molecule has 0 aliphatic heterocycles. The van der Waals surface area contributed by atoms with E-state index < -0.39 is 0 Å². The Labute approximate surface area is 58.8 Å². The van der Waals surface area contributed by atoms with Crippen LogP contribution in [0.1, 0.15) is 5.56 Å². The third kappa shape index (κ3) is 1.25. The fourth-order valence-electron chi connectivity index (χ4n) is 0.677. The van der Waals surface area contributed by atoms with E-state index in [1.54, 1.807) is 24.3 Å². The quantitative estimate of drug-likeness (QED) is 0.339. The molecule has 3 N–H and O–H groups in total. The standard InChI is InChI=1S/C7H8N2O/c8-9-5-6-3-1-2-4-7(6)10/h1-5,10H,8H2/b9-5-. The SMILES string of the molecule is N/N=C\c1ccccc1O.